The molecule has 0 bridgehead atoms. The van der Waals surface area contributed by atoms with Crippen molar-refractivity contribution in [2.45, 2.75) is 35.3 Å². The highest BCUT2D eigenvalue weighted by Gasteiger charge is 2.66. The number of aryl methyl sites for hydroxylation is 1. The maximum absolute atomic E-state index is 14.2. The van der Waals surface area contributed by atoms with Crippen LogP contribution in [-0.2, 0) is 9.84 Å². The molecule has 160 valence electrons. The lowest BCUT2D eigenvalue weighted by molar-refractivity contribution is -0.341. The van der Waals surface area contributed by atoms with E-state index >= 15 is 0 Å². The zero-order valence-electron chi connectivity index (χ0n) is 15.0. The summed E-state index contributed by atoms with van der Waals surface area (Å²) in [5.74, 6) is -7.03. The van der Waals surface area contributed by atoms with Gasteiger partial charge in [-0.2, -0.15) is 17.6 Å². The number of ether oxygens (including phenoxy) is 1. The number of hydrogen-bond acceptors (Lipinski definition) is 5. The lowest BCUT2D eigenvalue weighted by atomic mass is 10.2. The standard InChI is InChI=1S/C18H12F6N2O3S/c1-10-6-8-11(9-7-10)30(27,28)15-14(25-12-4-2-3-5-13(12)26-15)29-17(21,16(19)20)18(22,23)24/h2-9,16H,1H3. The summed E-state index contributed by atoms with van der Waals surface area (Å²) >= 11 is 0. The van der Waals surface area contributed by atoms with E-state index in [0.29, 0.717) is 5.56 Å². The van der Waals surface area contributed by atoms with Crippen LogP contribution in [0, 0.1) is 6.92 Å². The van der Waals surface area contributed by atoms with Crippen LogP contribution in [0.15, 0.2) is 58.5 Å². The Morgan fingerprint density at radius 1 is 0.900 bits per heavy atom. The molecular formula is C18H12F6N2O3S. The molecule has 3 rings (SSSR count). The Hall–Kier alpha value is -2.89. The summed E-state index contributed by atoms with van der Waals surface area (Å²) in [6, 6.07) is 10.4. The molecule has 0 aliphatic heterocycles. The molecule has 0 fully saturated rings. The van der Waals surface area contributed by atoms with Gasteiger partial charge in [0.2, 0.25) is 14.9 Å². The first-order valence-corrected chi connectivity index (χ1v) is 9.66. The average Bonchev–Trinajstić information content (AvgIpc) is 2.66. The van der Waals surface area contributed by atoms with Crippen LogP contribution < -0.4 is 4.74 Å². The largest absolute Gasteiger partial charge is 0.466 e. The molecule has 1 unspecified atom stereocenters. The molecule has 0 radical (unpaired) electrons. The molecule has 0 N–H and O–H groups in total. The summed E-state index contributed by atoms with van der Waals surface area (Å²) in [5, 5.41) is -1.23. The van der Waals surface area contributed by atoms with Crippen LogP contribution >= 0.6 is 0 Å². The van der Waals surface area contributed by atoms with E-state index in [-0.39, 0.29) is 11.0 Å². The highest BCUT2D eigenvalue weighted by Crippen LogP contribution is 2.42. The highest BCUT2D eigenvalue weighted by atomic mass is 32.2. The van der Waals surface area contributed by atoms with E-state index in [9.17, 15) is 34.8 Å². The van der Waals surface area contributed by atoms with E-state index in [4.69, 9.17) is 0 Å². The molecule has 5 nitrogen and oxygen atoms in total. The Bertz CT molecular complexity index is 1180. The number of alkyl halides is 6. The smallest absolute Gasteiger partial charge is 0.425 e. The number of aromatic nitrogens is 2. The Kier molecular flexibility index (Phi) is 5.39. The Morgan fingerprint density at radius 3 is 1.93 bits per heavy atom. The monoisotopic (exact) mass is 450 g/mol. The van der Waals surface area contributed by atoms with Crippen LogP contribution in [0.5, 0.6) is 5.88 Å². The van der Waals surface area contributed by atoms with Crippen LogP contribution in [0.4, 0.5) is 26.3 Å². The van der Waals surface area contributed by atoms with E-state index in [1.165, 1.54) is 36.4 Å². The molecule has 1 atom stereocenters. The van der Waals surface area contributed by atoms with Crippen molar-refractivity contribution in [2.75, 3.05) is 0 Å². The minimum Gasteiger partial charge on any atom is -0.425 e. The van der Waals surface area contributed by atoms with Crippen molar-refractivity contribution in [2.24, 2.45) is 0 Å². The minimum atomic E-state index is -6.18. The molecule has 0 saturated carbocycles. The van der Waals surface area contributed by atoms with Gasteiger partial charge in [-0.3, -0.25) is 0 Å². The van der Waals surface area contributed by atoms with Gasteiger partial charge in [-0.05, 0) is 31.2 Å². The maximum Gasteiger partial charge on any atom is 0.466 e. The van der Waals surface area contributed by atoms with Gasteiger partial charge in [-0.1, -0.05) is 29.8 Å². The first-order valence-electron chi connectivity index (χ1n) is 8.17. The number of rotatable bonds is 5. The summed E-state index contributed by atoms with van der Waals surface area (Å²) < 4.78 is 109. The van der Waals surface area contributed by atoms with E-state index in [2.05, 4.69) is 14.7 Å². The lowest BCUT2D eigenvalue weighted by Crippen LogP contribution is -2.52. The van der Waals surface area contributed by atoms with Crippen molar-refractivity contribution in [3.63, 3.8) is 0 Å². The predicted octanol–water partition coefficient (Wildman–Crippen LogP) is 4.64. The molecule has 1 heterocycles. The molecule has 0 aliphatic carbocycles. The number of fused-ring (bicyclic) bond motifs is 1. The second kappa shape index (κ2) is 7.42. The third kappa shape index (κ3) is 3.78. The second-order valence-electron chi connectivity index (χ2n) is 6.18. The topological polar surface area (TPSA) is 69.2 Å². The molecular weight excluding hydrogens is 438 g/mol. The molecule has 3 aromatic rings. The summed E-state index contributed by atoms with van der Waals surface area (Å²) in [5.41, 5.74) is 0.408. The van der Waals surface area contributed by atoms with Crippen molar-refractivity contribution < 1.29 is 39.5 Å². The van der Waals surface area contributed by atoms with Gasteiger partial charge >= 0.3 is 18.5 Å². The summed E-state index contributed by atoms with van der Waals surface area (Å²) in [6.07, 6.45) is -10.9. The van der Waals surface area contributed by atoms with Crippen LogP contribution in [-0.4, -0.2) is 36.8 Å². The third-order valence-electron chi connectivity index (χ3n) is 4.01. The number of hydrogen-bond donors (Lipinski definition) is 0. The highest BCUT2D eigenvalue weighted by molar-refractivity contribution is 7.91. The van der Waals surface area contributed by atoms with Crippen molar-refractivity contribution in [1.29, 1.82) is 0 Å². The van der Waals surface area contributed by atoms with Crippen LogP contribution in [0.25, 0.3) is 11.0 Å². The van der Waals surface area contributed by atoms with E-state index in [1.54, 1.807) is 6.92 Å². The molecule has 0 spiro atoms. The fourth-order valence-corrected chi connectivity index (χ4v) is 3.66. The van der Waals surface area contributed by atoms with E-state index < -0.39 is 44.1 Å². The van der Waals surface area contributed by atoms with Crippen molar-refractivity contribution in [1.82, 2.24) is 9.97 Å². The van der Waals surface area contributed by atoms with Gasteiger partial charge in [0, 0.05) is 0 Å². The molecule has 30 heavy (non-hydrogen) atoms. The average molecular weight is 450 g/mol. The molecule has 1 aromatic heterocycles. The Labute approximate surface area is 166 Å². The van der Waals surface area contributed by atoms with Gasteiger partial charge in [0.25, 0.3) is 5.88 Å². The quantitative estimate of drug-likeness (QED) is 0.530. The summed E-state index contributed by atoms with van der Waals surface area (Å²) in [6.45, 7) is 1.66. The first-order chi connectivity index (χ1) is 13.9. The molecule has 0 amide bonds. The van der Waals surface area contributed by atoms with Gasteiger partial charge < -0.3 is 4.74 Å². The SMILES string of the molecule is Cc1ccc(S(=O)(=O)c2nc3ccccc3nc2OC(F)(C(F)F)C(F)(F)F)cc1. The third-order valence-corrected chi connectivity index (χ3v) is 5.67. The number of para-hydroxylation sites is 2. The minimum absolute atomic E-state index is 0.0796. The molecule has 2 aromatic carbocycles. The van der Waals surface area contributed by atoms with Gasteiger partial charge in [0.1, 0.15) is 0 Å². The number of halogens is 6. The number of benzene rings is 2. The zero-order chi connectivity index (χ0) is 22.3. The van der Waals surface area contributed by atoms with Crippen LogP contribution in [0.2, 0.25) is 0 Å². The fraction of sp³-hybridized carbons (Fsp3) is 0.222. The Morgan fingerprint density at radius 2 is 1.43 bits per heavy atom. The van der Waals surface area contributed by atoms with Crippen molar-refractivity contribution >= 4 is 20.9 Å². The van der Waals surface area contributed by atoms with Gasteiger partial charge in [-0.25, -0.2) is 27.2 Å². The second-order valence-corrected chi connectivity index (χ2v) is 8.05. The van der Waals surface area contributed by atoms with Crippen molar-refractivity contribution in [3.8, 4) is 5.88 Å². The van der Waals surface area contributed by atoms with Crippen LogP contribution in [0.1, 0.15) is 5.56 Å². The van der Waals surface area contributed by atoms with Gasteiger partial charge in [-0.15, -0.1) is 0 Å². The Balaban J connectivity index is 2.27. The van der Waals surface area contributed by atoms with E-state index in [0.717, 1.165) is 12.1 Å². The lowest BCUT2D eigenvalue weighted by Gasteiger charge is -2.27. The predicted molar refractivity (Wildman–Crippen MR) is 92.7 cm³/mol. The molecule has 0 aliphatic rings. The van der Waals surface area contributed by atoms with Gasteiger partial charge in [0.15, 0.2) is 0 Å². The van der Waals surface area contributed by atoms with E-state index in [1.807, 2.05) is 0 Å². The fourth-order valence-electron chi connectivity index (χ4n) is 2.41. The van der Waals surface area contributed by atoms with Gasteiger partial charge in [0.05, 0.1) is 15.9 Å². The van der Waals surface area contributed by atoms with Crippen LogP contribution in [0.3, 0.4) is 0 Å². The first kappa shape index (κ1) is 21.8. The number of nitrogens with zero attached hydrogens (tertiary/aromatic N) is 2. The molecule has 12 heteroatoms. The maximum atomic E-state index is 14.2. The number of sulfone groups is 1. The molecule has 0 saturated heterocycles. The van der Waals surface area contributed by atoms with Crippen molar-refractivity contribution in [3.05, 3.63) is 54.1 Å². The summed E-state index contributed by atoms with van der Waals surface area (Å²) in [7, 11) is -4.70. The summed E-state index contributed by atoms with van der Waals surface area (Å²) in [4.78, 5) is 6.82. The normalized spacial score (nSPS) is 14.7. The zero-order valence-corrected chi connectivity index (χ0v) is 15.8.